The van der Waals surface area contributed by atoms with Gasteiger partial charge in [0.2, 0.25) is 0 Å². The highest BCUT2D eigenvalue weighted by atomic mass is 31.1. The van der Waals surface area contributed by atoms with E-state index in [0.717, 1.165) is 6.16 Å². The Morgan fingerprint density at radius 3 is 1.86 bits per heavy atom. The lowest BCUT2D eigenvalue weighted by molar-refractivity contribution is 0.470. The Labute approximate surface area is 46.3 Å². The van der Waals surface area contributed by atoms with Crippen molar-refractivity contribution >= 4 is 8.46 Å². The summed E-state index contributed by atoms with van der Waals surface area (Å²) in [5, 5.41) is 0. The minimum atomic E-state index is 0.226. The molecule has 0 saturated carbocycles. The van der Waals surface area contributed by atoms with Gasteiger partial charge >= 0.3 is 0 Å². The molecule has 0 aromatic carbocycles. The van der Waals surface area contributed by atoms with Crippen molar-refractivity contribution in [3.63, 3.8) is 0 Å². The van der Waals surface area contributed by atoms with Gasteiger partial charge in [0, 0.05) is 6.16 Å². The third-order valence-corrected chi connectivity index (χ3v) is 1.62. The maximum absolute atomic E-state index is 9.92. The van der Waals surface area contributed by atoms with Crippen LogP contribution in [-0.4, -0.2) is 6.16 Å². The van der Waals surface area contributed by atoms with Crippen LogP contribution in [0.1, 0.15) is 20.8 Å². The van der Waals surface area contributed by atoms with Gasteiger partial charge in [-0.1, -0.05) is 20.8 Å². The van der Waals surface area contributed by atoms with Crippen LogP contribution in [0.5, 0.6) is 0 Å². The normalized spacial score (nSPS) is 12.4. The topological polar surface area (TPSA) is 17.1 Å². The van der Waals surface area contributed by atoms with Crippen molar-refractivity contribution in [2.24, 2.45) is 5.41 Å². The standard InChI is InChI=1S/C5H11OP/c1-5(2,3)4-7-6/h4H2,1-3H3. The number of rotatable bonds is 1. The Balaban J connectivity index is 3.34. The summed E-state index contributed by atoms with van der Waals surface area (Å²) >= 11 is 0. The Morgan fingerprint density at radius 2 is 1.86 bits per heavy atom. The molecule has 0 N–H and O–H groups in total. The van der Waals surface area contributed by atoms with Gasteiger partial charge in [-0.15, -0.1) is 0 Å². The zero-order valence-electron chi connectivity index (χ0n) is 5.06. The van der Waals surface area contributed by atoms with Gasteiger partial charge in [-0.2, -0.15) is 0 Å². The van der Waals surface area contributed by atoms with Crippen LogP contribution >= 0.6 is 8.46 Å². The lowest BCUT2D eigenvalue weighted by Crippen LogP contribution is -2.05. The lowest BCUT2D eigenvalue weighted by Gasteiger charge is -2.10. The number of hydrogen-bond donors (Lipinski definition) is 0. The molecule has 0 aliphatic rings. The molecule has 0 atom stereocenters. The molecule has 0 radical (unpaired) electrons. The molecule has 0 aromatic rings. The highest BCUT2D eigenvalue weighted by molar-refractivity contribution is 7.23. The van der Waals surface area contributed by atoms with Crippen molar-refractivity contribution in [1.82, 2.24) is 0 Å². The van der Waals surface area contributed by atoms with Crippen molar-refractivity contribution in [1.29, 1.82) is 0 Å². The van der Waals surface area contributed by atoms with E-state index in [4.69, 9.17) is 0 Å². The van der Waals surface area contributed by atoms with Crippen LogP contribution in [0.3, 0.4) is 0 Å². The molecule has 0 rings (SSSR count). The summed E-state index contributed by atoms with van der Waals surface area (Å²) in [4.78, 5) is 0. The van der Waals surface area contributed by atoms with Crippen LogP contribution < -0.4 is 0 Å². The average Bonchev–Trinajstić information content (AvgIpc) is 1.30. The van der Waals surface area contributed by atoms with Gasteiger partial charge in [-0.25, -0.2) is 0 Å². The first kappa shape index (κ1) is 7.10. The molecule has 0 aromatic heterocycles. The SMILES string of the molecule is CC(C)(C)CP=O. The van der Waals surface area contributed by atoms with Crippen LogP contribution in [0.25, 0.3) is 0 Å². The molecule has 0 bridgehead atoms. The molecule has 0 aliphatic carbocycles. The summed E-state index contributed by atoms with van der Waals surface area (Å²) < 4.78 is 9.92. The van der Waals surface area contributed by atoms with E-state index in [0.29, 0.717) is 0 Å². The third-order valence-electron chi connectivity index (χ3n) is 0.539. The van der Waals surface area contributed by atoms with Crippen LogP contribution in [0.2, 0.25) is 0 Å². The average molecular weight is 118 g/mol. The second kappa shape index (κ2) is 2.42. The molecular formula is C5H11OP. The Kier molecular flexibility index (Phi) is 2.45. The van der Waals surface area contributed by atoms with E-state index in [1.807, 2.05) is 0 Å². The summed E-state index contributed by atoms with van der Waals surface area (Å²) in [6, 6.07) is 0. The van der Waals surface area contributed by atoms with E-state index < -0.39 is 0 Å². The molecule has 1 nitrogen and oxygen atoms in total. The molecular weight excluding hydrogens is 107 g/mol. The van der Waals surface area contributed by atoms with Gasteiger partial charge < -0.3 is 0 Å². The minimum absolute atomic E-state index is 0.226. The fourth-order valence-corrected chi connectivity index (χ4v) is 0.581. The maximum Gasteiger partial charge on any atom is 0.155 e. The van der Waals surface area contributed by atoms with Crippen LogP contribution in [-0.2, 0) is 4.57 Å². The second-order valence-electron chi connectivity index (χ2n) is 2.85. The summed E-state index contributed by atoms with van der Waals surface area (Å²) in [6.45, 7) is 6.20. The Hall–Kier alpha value is 0.100. The predicted octanol–water partition coefficient (Wildman–Crippen LogP) is 2.32. The molecule has 0 aliphatic heterocycles. The van der Waals surface area contributed by atoms with E-state index in [2.05, 4.69) is 20.8 Å². The van der Waals surface area contributed by atoms with E-state index in [1.165, 1.54) is 0 Å². The Morgan fingerprint density at radius 1 is 1.43 bits per heavy atom. The van der Waals surface area contributed by atoms with Gasteiger partial charge in [-0.3, -0.25) is 4.57 Å². The van der Waals surface area contributed by atoms with Gasteiger partial charge in [0.15, 0.2) is 8.46 Å². The summed E-state index contributed by atoms with van der Waals surface area (Å²) in [5.41, 5.74) is 0.226. The van der Waals surface area contributed by atoms with Crippen LogP contribution in [0.4, 0.5) is 0 Å². The molecule has 0 heterocycles. The summed E-state index contributed by atoms with van der Waals surface area (Å²) in [7, 11) is 0.259. The fourth-order valence-electron chi connectivity index (χ4n) is 0.194. The van der Waals surface area contributed by atoms with Crippen molar-refractivity contribution < 1.29 is 4.57 Å². The largest absolute Gasteiger partial charge is 0.275 e. The van der Waals surface area contributed by atoms with E-state index in [1.54, 1.807) is 0 Å². The second-order valence-corrected chi connectivity index (χ2v) is 3.42. The highest BCUT2D eigenvalue weighted by Gasteiger charge is 2.07. The maximum atomic E-state index is 9.92. The molecule has 0 fully saturated rings. The zero-order chi connectivity index (χ0) is 5.91. The Bertz CT molecular complexity index is 63.0. The van der Waals surface area contributed by atoms with Crippen molar-refractivity contribution in [3.05, 3.63) is 0 Å². The molecule has 0 unspecified atom stereocenters. The molecule has 2 heteroatoms. The van der Waals surface area contributed by atoms with Crippen molar-refractivity contribution in [2.45, 2.75) is 20.8 Å². The zero-order valence-corrected chi connectivity index (χ0v) is 5.96. The fraction of sp³-hybridized carbons (Fsp3) is 1.00. The third kappa shape index (κ3) is 6.10. The van der Waals surface area contributed by atoms with Crippen LogP contribution in [0, 0.1) is 5.41 Å². The predicted molar refractivity (Wildman–Crippen MR) is 31.9 cm³/mol. The first-order chi connectivity index (χ1) is 3.06. The lowest BCUT2D eigenvalue weighted by atomic mass is 10.0. The molecule has 0 spiro atoms. The molecule has 42 valence electrons. The first-order valence-electron chi connectivity index (χ1n) is 2.35. The number of hydrogen-bond acceptors (Lipinski definition) is 1. The summed E-state index contributed by atoms with van der Waals surface area (Å²) in [5.74, 6) is 0. The molecule has 0 amide bonds. The van der Waals surface area contributed by atoms with Crippen LogP contribution in [0.15, 0.2) is 0 Å². The molecule has 0 saturated heterocycles. The van der Waals surface area contributed by atoms with Gasteiger partial charge in [-0.05, 0) is 5.41 Å². The van der Waals surface area contributed by atoms with Crippen molar-refractivity contribution in [2.75, 3.05) is 6.16 Å². The van der Waals surface area contributed by atoms with Gasteiger partial charge in [0.1, 0.15) is 0 Å². The molecule has 7 heavy (non-hydrogen) atoms. The quantitative estimate of drug-likeness (QED) is 0.483. The monoisotopic (exact) mass is 118 g/mol. The highest BCUT2D eigenvalue weighted by Crippen LogP contribution is 2.17. The summed E-state index contributed by atoms with van der Waals surface area (Å²) in [6.07, 6.45) is 0.757. The van der Waals surface area contributed by atoms with E-state index in [9.17, 15) is 4.57 Å². The van der Waals surface area contributed by atoms with Gasteiger partial charge in [0.05, 0.1) is 0 Å². The van der Waals surface area contributed by atoms with Gasteiger partial charge in [0.25, 0.3) is 0 Å². The van der Waals surface area contributed by atoms with Crippen molar-refractivity contribution in [3.8, 4) is 0 Å². The first-order valence-corrected chi connectivity index (χ1v) is 3.35. The van der Waals surface area contributed by atoms with E-state index >= 15 is 0 Å². The van der Waals surface area contributed by atoms with E-state index in [-0.39, 0.29) is 13.9 Å². The minimum Gasteiger partial charge on any atom is -0.275 e. The smallest absolute Gasteiger partial charge is 0.155 e.